The Labute approximate surface area is 130 Å². The van der Waals surface area contributed by atoms with Crippen LogP contribution in [-0.2, 0) is 21.2 Å². The van der Waals surface area contributed by atoms with E-state index in [1.807, 2.05) is 0 Å². The molecular formula is C13H19ClN2O4S. The van der Waals surface area contributed by atoms with Crippen LogP contribution in [0.3, 0.4) is 0 Å². The normalized spacial score (nSPS) is 15.7. The molecule has 1 aliphatic rings. The van der Waals surface area contributed by atoms with Crippen LogP contribution in [0.2, 0.25) is 0 Å². The molecule has 0 fully saturated rings. The zero-order chi connectivity index (χ0) is 14.8. The smallest absolute Gasteiger partial charge is 0.242 e. The van der Waals surface area contributed by atoms with Crippen LogP contribution in [-0.4, -0.2) is 39.0 Å². The van der Waals surface area contributed by atoms with Crippen LogP contribution in [0.5, 0.6) is 5.75 Å². The predicted octanol–water partition coefficient (Wildman–Crippen LogP) is 0.962. The summed E-state index contributed by atoms with van der Waals surface area (Å²) in [4.78, 5) is 11.9. The Balaban J connectivity index is 0.00000220. The van der Waals surface area contributed by atoms with Crippen LogP contribution in [0, 0.1) is 0 Å². The first-order valence-electron chi connectivity index (χ1n) is 6.34. The van der Waals surface area contributed by atoms with Crippen LogP contribution >= 0.6 is 12.4 Å². The van der Waals surface area contributed by atoms with Crippen LogP contribution in [0.25, 0.3) is 0 Å². The molecule has 6 nitrogen and oxygen atoms in total. The van der Waals surface area contributed by atoms with E-state index in [2.05, 4.69) is 10.6 Å². The second kappa shape index (κ2) is 7.11. The molecule has 1 unspecified atom stereocenters. The number of halogens is 1. The molecule has 21 heavy (non-hydrogen) atoms. The molecular weight excluding hydrogens is 316 g/mol. The minimum absolute atomic E-state index is 0. The lowest BCUT2D eigenvalue weighted by atomic mass is 10.1. The van der Waals surface area contributed by atoms with Gasteiger partial charge >= 0.3 is 0 Å². The van der Waals surface area contributed by atoms with Gasteiger partial charge < -0.3 is 15.4 Å². The van der Waals surface area contributed by atoms with Gasteiger partial charge in [-0.2, -0.15) is 0 Å². The van der Waals surface area contributed by atoms with E-state index < -0.39 is 21.0 Å². The lowest BCUT2D eigenvalue weighted by Gasteiger charge is -2.12. The first kappa shape index (κ1) is 17.7. The zero-order valence-electron chi connectivity index (χ0n) is 11.9. The minimum Gasteiger partial charge on any atom is -0.492 e. The van der Waals surface area contributed by atoms with E-state index in [1.165, 1.54) is 6.92 Å². The predicted molar refractivity (Wildman–Crippen MR) is 83.8 cm³/mol. The van der Waals surface area contributed by atoms with Gasteiger partial charge in [0.1, 0.15) is 17.6 Å². The molecule has 0 saturated carbocycles. The quantitative estimate of drug-likeness (QED) is 0.860. The lowest BCUT2D eigenvalue weighted by Crippen LogP contribution is -2.31. The molecule has 2 N–H and O–H groups in total. The summed E-state index contributed by atoms with van der Waals surface area (Å²) in [5.74, 6) is 0.249. The maximum atomic E-state index is 11.9. The SMILES string of the molecule is CC(C(=O)Nc1ccc2c(c1)CNCCO2)S(C)(=O)=O.Cl. The summed E-state index contributed by atoms with van der Waals surface area (Å²) in [7, 11) is -3.39. The Bertz CT molecular complexity index is 619. The third kappa shape index (κ3) is 4.59. The van der Waals surface area contributed by atoms with Crippen molar-refractivity contribution in [1.29, 1.82) is 0 Å². The summed E-state index contributed by atoms with van der Waals surface area (Å²) in [6.07, 6.45) is 1.05. The lowest BCUT2D eigenvalue weighted by molar-refractivity contribution is -0.115. The fourth-order valence-electron chi connectivity index (χ4n) is 1.83. The van der Waals surface area contributed by atoms with E-state index in [4.69, 9.17) is 4.74 Å². The number of carbonyl (C=O) groups is 1. The van der Waals surface area contributed by atoms with Crippen molar-refractivity contribution >= 4 is 33.8 Å². The van der Waals surface area contributed by atoms with E-state index in [0.717, 1.165) is 24.1 Å². The Morgan fingerprint density at radius 2 is 2.14 bits per heavy atom. The highest BCUT2D eigenvalue weighted by molar-refractivity contribution is 7.92. The van der Waals surface area contributed by atoms with Crippen molar-refractivity contribution < 1.29 is 17.9 Å². The highest BCUT2D eigenvalue weighted by atomic mass is 35.5. The maximum Gasteiger partial charge on any atom is 0.242 e. The molecule has 8 heteroatoms. The number of fused-ring (bicyclic) bond motifs is 1. The molecule has 0 spiro atoms. The number of anilines is 1. The van der Waals surface area contributed by atoms with Gasteiger partial charge in [0, 0.05) is 30.6 Å². The number of nitrogens with one attached hydrogen (secondary N) is 2. The van der Waals surface area contributed by atoms with Crippen molar-refractivity contribution in [3.8, 4) is 5.75 Å². The fourth-order valence-corrected chi connectivity index (χ4v) is 2.28. The molecule has 118 valence electrons. The van der Waals surface area contributed by atoms with E-state index in [1.54, 1.807) is 18.2 Å². The fraction of sp³-hybridized carbons (Fsp3) is 0.462. The minimum atomic E-state index is -3.39. The second-order valence-corrected chi connectivity index (χ2v) is 7.17. The van der Waals surface area contributed by atoms with Gasteiger partial charge in [-0.3, -0.25) is 4.79 Å². The highest BCUT2D eigenvalue weighted by Crippen LogP contribution is 2.24. The Kier molecular flexibility index (Phi) is 6.00. The molecule has 1 aliphatic heterocycles. The average Bonchev–Trinajstić information content (AvgIpc) is 2.61. The molecule has 0 radical (unpaired) electrons. The summed E-state index contributed by atoms with van der Waals surface area (Å²) >= 11 is 0. The topological polar surface area (TPSA) is 84.5 Å². The summed E-state index contributed by atoms with van der Waals surface area (Å²) in [6, 6.07) is 5.28. The first-order valence-corrected chi connectivity index (χ1v) is 8.29. The molecule has 0 bridgehead atoms. The van der Waals surface area contributed by atoms with Crippen LogP contribution in [0.15, 0.2) is 18.2 Å². The molecule has 1 heterocycles. The van der Waals surface area contributed by atoms with Crippen LogP contribution in [0.1, 0.15) is 12.5 Å². The van der Waals surface area contributed by atoms with Crippen LogP contribution in [0.4, 0.5) is 5.69 Å². The van der Waals surface area contributed by atoms with Gasteiger partial charge in [0.2, 0.25) is 5.91 Å². The third-order valence-corrected chi connectivity index (χ3v) is 4.69. The molecule has 1 atom stereocenters. The summed E-state index contributed by atoms with van der Waals surface area (Å²) < 4.78 is 28.2. The van der Waals surface area contributed by atoms with Crippen molar-refractivity contribution in [2.45, 2.75) is 18.7 Å². The largest absolute Gasteiger partial charge is 0.492 e. The maximum absolute atomic E-state index is 11.9. The molecule has 0 aliphatic carbocycles. The average molecular weight is 335 g/mol. The van der Waals surface area contributed by atoms with Gasteiger partial charge in [-0.05, 0) is 25.1 Å². The van der Waals surface area contributed by atoms with Crippen molar-refractivity contribution in [2.75, 3.05) is 24.7 Å². The molecule has 1 aromatic carbocycles. The number of amides is 1. The van der Waals surface area contributed by atoms with Crippen LogP contribution < -0.4 is 15.4 Å². The number of ether oxygens (including phenoxy) is 1. The van der Waals surface area contributed by atoms with Crippen molar-refractivity contribution in [1.82, 2.24) is 5.32 Å². The summed E-state index contributed by atoms with van der Waals surface area (Å²) in [5.41, 5.74) is 1.50. The standard InChI is InChI=1S/C13H18N2O4S.ClH/c1-9(20(2,17)18)13(16)15-11-3-4-12-10(7-11)8-14-5-6-19-12;/h3-4,7,9,14H,5-6,8H2,1-2H3,(H,15,16);1H. The first-order chi connectivity index (χ1) is 9.38. The number of carbonyl (C=O) groups excluding carboxylic acids is 1. The Morgan fingerprint density at radius 3 is 2.81 bits per heavy atom. The highest BCUT2D eigenvalue weighted by Gasteiger charge is 2.23. The van der Waals surface area contributed by atoms with Crippen molar-refractivity contribution in [3.63, 3.8) is 0 Å². The monoisotopic (exact) mass is 334 g/mol. The molecule has 1 amide bonds. The Morgan fingerprint density at radius 1 is 1.43 bits per heavy atom. The van der Waals surface area contributed by atoms with Gasteiger partial charge in [0.05, 0.1) is 0 Å². The van der Waals surface area contributed by atoms with Crippen molar-refractivity contribution in [3.05, 3.63) is 23.8 Å². The number of sulfone groups is 1. The number of rotatable bonds is 3. The zero-order valence-corrected chi connectivity index (χ0v) is 13.5. The number of benzene rings is 1. The molecule has 0 saturated heterocycles. The van der Waals surface area contributed by atoms with E-state index in [-0.39, 0.29) is 12.4 Å². The van der Waals surface area contributed by atoms with E-state index >= 15 is 0 Å². The summed E-state index contributed by atoms with van der Waals surface area (Å²) in [6.45, 7) is 3.39. The summed E-state index contributed by atoms with van der Waals surface area (Å²) in [5, 5.41) is 4.74. The molecule has 1 aromatic rings. The number of hydrogen-bond donors (Lipinski definition) is 2. The van der Waals surface area contributed by atoms with Gasteiger partial charge in [0.15, 0.2) is 9.84 Å². The second-order valence-electron chi connectivity index (χ2n) is 4.81. The number of hydrogen-bond acceptors (Lipinski definition) is 5. The van der Waals surface area contributed by atoms with Gasteiger partial charge in [-0.15, -0.1) is 12.4 Å². The third-order valence-electron chi connectivity index (χ3n) is 3.19. The van der Waals surface area contributed by atoms with E-state index in [0.29, 0.717) is 18.8 Å². The van der Waals surface area contributed by atoms with Crippen molar-refractivity contribution in [2.24, 2.45) is 0 Å². The molecule has 2 rings (SSSR count). The van der Waals surface area contributed by atoms with Gasteiger partial charge in [0.25, 0.3) is 0 Å². The molecule has 0 aromatic heterocycles. The van der Waals surface area contributed by atoms with Gasteiger partial charge in [-0.1, -0.05) is 0 Å². The van der Waals surface area contributed by atoms with E-state index in [9.17, 15) is 13.2 Å². The Hall–Kier alpha value is -1.31. The van der Waals surface area contributed by atoms with Gasteiger partial charge in [-0.25, -0.2) is 8.42 Å².